The van der Waals surface area contributed by atoms with Gasteiger partial charge in [0.2, 0.25) is 0 Å². The summed E-state index contributed by atoms with van der Waals surface area (Å²) in [6.07, 6.45) is 1.76. The zero-order valence-electron chi connectivity index (χ0n) is 12.0. The van der Waals surface area contributed by atoms with E-state index in [0.717, 1.165) is 10.2 Å². The molecule has 0 fully saturated rings. The molecule has 0 saturated heterocycles. The minimum atomic E-state index is -0.369. The highest BCUT2D eigenvalue weighted by Gasteiger charge is 2.11. The maximum Gasteiger partial charge on any atom is 0.281 e. The normalized spacial score (nSPS) is 11.8. The van der Waals surface area contributed by atoms with Gasteiger partial charge >= 0.3 is 0 Å². The smallest absolute Gasteiger partial charge is 0.281 e. The predicted molar refractivity (Wildman–Crippen MR) is 96.4 cm³/mol. The summed E-state index contributed by atoms with van der Waals surface area (Å²) in [7, 11) is 0. The monoisotopic (exact) mass is 362 g/mol. The van der Waals surface area contributed by atoms with Gasteiger partial charge in [0.15, 0.2) is 4.80 Å². The summed E-state index contributed by atoms with van der Waals surface area (Å²) < 4.78 is 2.89. The van der Waals surface area contributed by atoms with Crippen LogP contribution in [0.5, 0.6) is 0 Å². The predicted octanol–water partition coefficient (Wildman–Crippen LogP) is 4.94. The Kier molecular flexibility index (Phi) is 4.66. The van der Waals surface area contributed by atoms with Gasteiger partial charge in [-0.25, -0.2) is 0 Å². The van der Waals surface area contributed by atoms with Gasteiger partial charge in [-0.05, 0) is 30.3 Å². The van der Waals surface area contributed by atoms with Crippen LogP contribution in [0, 0.1) is 0 Å². The van der Waals surface area contributed by atoms with Crippen molar-refractivity contribution in [2.75, 3.05) is 0 Å². The fraction of sp³-hybridized carbons (Fsp3) is 0.0588. The van der Waals surface area contributed by atoms with E-state index in [1.807, 2.05) is 22.8 Å². The van der Waals surface area contributed by atoms with Gasteiger partial charge in [0.05, 0.1) is 20.8 Å². The second-order valence-corrected chi connectivity index (χ2v) is 6.65. The van der Waals surface area contributed by atoms with E-state index in [4.69, 9.17) is 23.2 Å². The van der Waals surface area contributed by atoms with Crippen LogP contribution in [-0.2, 0) is 6.54 Å². The van der Waals surface area contributed by atoms with Crippen molar-refractivity contribution < 1.29 is 4.79 Å². The van der Waals surface area contributed by atoms with Gasteiger partial charge in [-0.3, -0.25) is 4.79 Å². The number of hydrogen-bond acceptors (Lipinski definition) is 2. The first-order chi connectivity index (χ1) is 11.1. The molecule has 0 aliphatic carbocycles. The third kappa shape index (κ3) is 3.24. The maximum atomic E-state index is 12.4. The summed E-state index contributed by atoms with van der Waals surface area (Å²) in [5.41, 5.74) is 1.35. The van der Waals surface area contributed by atoms with E-state index in [2.05, 4.69) is 11.6 Å². The number of amides is 1. The maximum absolute atomic E-state index is 12.4. The molecule has 0 spiro atoms. The molecule has 6 heteroatoms. The average molecular weight is 363 g/mol. The molecule has 0 atom stereocenters. The summed E-state index contributed by atoms with van der Waals surface area (Å²) in [6.45, 7) is 4.31. The quantitative estimate of drug-likeness (QED) is 0.607. The molecule has 23 heavy (non-hydrogen) atoms. The van der Waals surface area contributed by atoms with Crippen LogP contribution in [0.25, 0.3) is 10.2 Å². The fourth-order valence-corrected chi connectivity index (χ4v) is 3.75. The number of aromatic nitrogens is 1. The molecule has 0 saturated carbocycles. The first-order valence-corrected chi connectivity index (χ1v) is 8.41. The highest BCUT2D eigenvalue weighted by molar-refractivity contribution is 7.16. The van der Waals surface area contributed by atoms with Crippen molar-refractivity contribution in [1.82, 2.24) is 4.57 Å². The van der Waals surface area contributed by atoms with Gasteiger partial charge in [-0.2, -0.15) is 4.99 Å². The minimum absolute atomic E-state index is 0.369. The molecular weight excluding hydrogens is 351 g/mol. The third-order valence-electron chi connectivity index (χ3n) is 3.26. The van der Waals surface area contributed by atoms with E-state index < -0.39 is 0 Å². The van der Waals surface area contributed by atoms with Crippen molar-refractivity contribution in [3.63, 3.8) is 0 Å². The van der Waals surface area contributed by atoms with E-state index in [0.29, 0.717) is 27.0 Å². The van der Waals surface area contributed by atoms with Gasteiger partial charge in [-0.15, -0.1) is 6.58 Å². The molecule has 0 radical (unpaired) electrons. The number of benzene rings is 2. The zero-order chi connectivity index (χ0) is 16.4. The molecule has 0 unspecified atom stereocenters. The Morgan fingerprint density at radius 2 is 2.04 bits per heavy atom. The van der Waals surface area contributed by atoms with Crippen LogP contribution >= 0.6 is 34.5 Å². The van der Waals surface area contributed by atoms with Crippen molar-refractivity contribution in [1.29, 1.82) is 0 Å². The van der Waals surface area contributed by atoms with Gasteiger partial charge < -0.3 is 4.57 Å². The molecule has 1 aromatic heterocycles. The second-order valence-electron chi connectivity index (χ2n) is 4.79. The number of halogens is 2. The van der Waals surface area contributed by atoms with E-state index in [1.54, 1.807) is 30.3 Å². The zero-order valence-corrected chi connectivity index (χ0v) is 14.3. The molecule has 0 aliphatic rings. The SMILES string of the molecule is C=CCn1c(=NC(=O)c2ccccc2Cl)sc2cc(Cl)ccc21. The first kappa shape index (κ1) is 16.0. The highest BCUT2D eigenvalue weighted by Crippen LogP contribution is 2.22. The molecule has 2 aromatic carbocycles. The van der Waals surface area contributed by atoms with Crippen LogP contribution in [0.3, 0.4) is 0 Å². The molecule has 3 aromatic rings. The topological polar surface area (TPSA) is 34.4 Å². The Labute approximate surface area is 147 Å². The molecule has 3 rings (SSSR count). The van der Waals surface area contributed by atoms with E-state index in [-0.39, 0.29) is 5.91 Å². The number of carbonyl (C=O) groups excluding carboxylic acids is 1. The van der Waals surface area contributed by atoms with E-state index in [9.17, 15) is 4.79 Å². The van der Waals surface area contributed by atoms with Crippen molar-refractivity contribution in [2.24, 2.45) is 4.99 Å². The Hall–Kier alpha value is -1.88. The summed E-state index contributed by atoms with van der Waals surface area (Å²) in [4.78, 5) is 17.3. The second kappa shape index (κ2) is 6.71. The lowest BCUT2D eigenvalue weighted by Crippen LogP contribution is -2.16. The van der Waals surface area contributed by atoms with Crippen LogP contribution in [0.1, 0.15) is 10.4 Å². The highest BCUT2D eigenvalue weighted by atomic mass is 35.5. The Balaban J connectivity index is 2.18. The molecule has 0 N–H and O–H groups in total. The van der Waals surface area contributed by atoms with Crippen molar-refractivity contribution >= 4 is 50.7 Å². The van der Waals surface area contributed by atoms with Gasteiger partial charge in [0.1, 0.15) is 0 Å². The molecule has 116 valence electrons. The molecule has 1 amide bonds. The molecule has 1 heterocycles. The number of nitrogens with zero attached hydrogens (tertiary/aromatic N) is 2. The lowest BCUT2D eigenvalue weighted by molar-refractivity contribution is 0.0998. The number of rotatable bonds is 3. The van der Waals surface area contributed by atoms with Crippen molar-refractivity contribution in [3.8, 4) is 0 Å². The van der Waals surface area contributed by atoms with E-state index >= 15 is 0 Å². The first-order valence-electron chi connectivity index (χ1n) is 6.83. The van der Waals surface area contributed by atoms with Crippen LogP contribution in [0.15, 0.2) is 60.1 Å². The fourth-order valence-electron chi connectivity index (χ4n) is 2.22. The van der Waals surface area contributed by atoms with Crippen molar-refractivity contribution in [2.45, 2.75) is 6.54 Å². The van der Waals surface area contributed by atoms with E-state index in [1.165, 1.54) is 11.3 Å². The Morgan fingerprint density at radius 1 is 1.26 bits per heavy atom. The number of thiazole rings is 1. The standard InChI is InChI=1S/C17H12Cl2N2OS/c1-2-9-21-14-8-7-11(18)10-15(14)23-17(21)20-16(22)12-5-3-4-6-13(12)19/h2-8,10H,1,9H2. The summed E-state index contributed by atoms with van der Waals surface area (Å²) in [5, 5.41) is 1.04. The van der Waals surface area contributed by atoms with Gasteiger partial charge in [0.25, 0.3) is 5.91 Å². The summed E-state index contributed by atoms with van der Waals surface area (Å²) in [5.74, 6) is -0.369. The minimum Gasteiger partial charge on any atom is -0.312 e. The molecule has 3 nitrogen and oxygen atoms in total. The third-order valence-corrected chi connectivity index (χ3v) is 4.86. The lowest BCUT2D eigenvalue weighted by Gasteiger charge is -2.01. The number of carbonyl (C=O) groups is 1. The number of hydrogen-bond donors (Lipinski definition) is 0. The van der Waals surface area contributed by atoms with Crippen LogP contribution in [0.2, 0.25) is 10.0 Å². The Bertz CT molecular complexity index is 972. The van der Waals surface area contributed by atoms with Crippen LogP contribution in [0.4, 0.5) is 0 Å². The number of allylic oxidation sites excluding steroid dienone is 1. The molecular formula is C17H12Cl2N2OS. The lowest BCUT2D eigenvalue weighted by atomic mass is 10.2. The van der Waals surface area contributed by atoms with Crippen LogP contribution < -0.4 is 4.80 Å². The summed E-state index contributed by atoms with van der Waals surface area (Å²) >= 11 is 13.5. The van der Waals surface area contributed by atoms with Gasteiger partial charge in [0, 0.05) is 11.6 Å². The Morgan fingerprint density at radius 3 is 2.78 bits per heavy atom. The molecule has 0 bridgehead atoms. The van der Waals surface area contributed by atoms with Crippen LogP contribution in [-0.4, -0.2) is 10.5 Å². The van der Waals surface area contributed by atoms with Gasteiger partial charge in [-0.1, -0.05) is 52.7 Å². The number of fused-ring (bicyclic) bond motifs is 1. The average Bonchev–Trinajstić information content (AvgIpc) is 2.84. The molecule has 0 aliphatic heterocycles. The van der Waals surface area contributed by atoms with Crippen molar-refractivity contribution in [3.05, 3.63) is 75.5 Å². The largest absolute Gasteiger partial charge is 0.312 e. The summed E-state index contributed by atoms with van der Waals surface area (Å²) in [6, 6.07) is 12.5.